The minimum atomic E-state index is -0.236. The van der Waals surface area contributed by atoms with Crippen LogP contribution in [0.3, 0.4) is 0 Å². The van der Waals surface area contributed by atoms with Crippen LogP contribution in [0.4, 0.5) is 11.4 Å². The van der Waals surface area contributed by atoms with Gasteiger partial charge in [0.05, 0.1) is 11.4 Å². The van der Waals surface area contributed by atoms with Gasteiger partial charge in [0.15, 0.2) is 0 Å². The number of hydrogen-bond acceptors (Lipinski definition) is 4. The number of benzene rings is 1. The number of nitrogens with two attached hydrogens (primary N) is 1. The van der Waals surface area contributed by atoms with E-state index in [1.807, 2.05) is 19.9 Å². The number of halogens is 1. The van der Waals surface area contributed by atoms with Gasteiger partial charge in [-0.1, -0.05) is 26.0 Å². The SMILES string of the molecule is CN(CC(C)(C)CN)C(=O)CCC(=O)N1CC(=O)Nc2ccccc21.Cl. The van der Waals surface area contributed by atoms with E-state index in [2.05, 4.69) is 5.32 Å². The molecule has 7 nitrogen and oxygen atoms in total. The van der Waals surface area contributed by atoms with E-state index >= 15 is 0 Å². The number of nitrogens with zero attached hydrogens (tertiary/aromatic N) is 2. The maximum absolute atomic E-state index is 12.5. The Morgan fingerprint density at radius 3 is 2.58 bits per heavy atom. The molecule has 1 aliphatic rings. The summed E-state index contributed by atoms with van der Waals surface area (Å²) in [6, 6.07) is 7.14. The number of rotatable bonds is 6. The van der Waals surface area contributed by atoms with Gasteiger partial charge in [-0.25, -0.2) is 0 Å². The minimum Gasteiger partial charge on any atom is -0.345 e. The monoisotopic (exact) mass is 382 g/mol. The molecule has 2 rings (SSSR count). The number of carbonyl (C=O) groups is 3. The van der Waals surface area contributed by atoms with Crippen LogP contribution in [0.5, 0.6) is 0 Å². The van der Waals surface area contributed by atoms with E-state index < -0.39 is 0 Å². The number of amides is 3. The Bertz CT molecular complexity index is 678. The Morgan fingerprint density at radius 1 is 1.27 bits per heavy atom. The highest BCUT2D eigenvalue weighted by molar-refractivity contribution is 6.10. The molecular formula is C18H27ClN4O3. The molecule has 8 heteroatoms. The summed E-state index contributed by atoms with van der Waals surface area (Å²) in [7, 11) is 1.72. The van der Waals surface area contributed by atoms with E-state index in [0.29, 0.717) is 24.5 Å². The van der Waals surface area contributed by atoms with Gasteiger partial charge in [-0.15, -0.1) is 12.4 Å². The van der Waals surface area contributed by atoms with Crippen molar-refractivity contribution in [2.75, 3.05) is 36.9 Å². The van der Waals surface area contributed by atoms with Crippen molar-refractivity contribution < 1.29 is 14.4 Å². The third-order valence-electron chi connectivity index (χ3n) is 4.27. The fourth-order valence-electron chi connectivity index (χ4n) is 2.79. The summed E-state index contributed by atoms with van der Waals surface area (Å²) in [6.45, 7) is 4.96. The molecular weight excluding hydrogens is 356 g/mol. The van der Waals surface area contributed by atoms with Crippen LogP contribution in [0.1, 0.15) is 26.7 Å². The maximum Gasteiger partial charge on any atom is 0.244 e. The number of fused-ring (bicyclic) bond motifs is 1. The van der Waals surface area contributed by atoms with Gasteiger partial charge in [0.1, 0.15) is 6.54 Å². The van der Waals surface area contributed by atoms with Crippen molar-refractivity contribution in [2.45, 2.75) is 26.7 Å². The van der Waals surface area contributed by atoms with Crippen LogP contribution in [-0.2, 0) is 14.4 Å². The molecule has 0 aliphatic carbocycles. The Labute approximate surface area is 160 Å². The zero-order valence-corrected chi connectivity index (χ0v) is 16.3. The molecule has 0 aromatic heterocycles. The summed E-state index contributed by atoms with van der Waals surface area (Å²) < 4.78 is 0. The quantitative estimate of drug-likeness (QED) is 0.781. The van der Waals surface area contributed by atoms with E-state index in [1.54, 1.807) is 30.1 Å². The van der Waals surface area contributed by atoms with Crippen molar-refractivity contribution in [1.29, 1.82) is 0 Å². The maximum atomic E-state index is 12.5. The molecule has 0 spiro atoms. The summed E-state index contributed by atoms with van der Waals surface area (Å²) >= 11 is 0. The van der Waals surface area contributed by atoms with Crippen molar-refractivity contribution >= 4 is 41.5 Å². The highest BCUT2D eigenvalue weighted by Gasteiger charge is 2.27. The largest absolute Gasteiger partial charge is 0.345 e. The number of hydrogen-bond donors (Lipinski definition) is 2. The lowest BCUT2D eigenvalue weighted by atomic mass is 9.93. The van der Waals surface area contributed by atoms with Gasteiger partial charge in [0, 0.05) is 26.4 Å². The van der Waals surface area contributed by atoms with Crippen LogP contribution < -0.4 is 16.0 Å². The van der Waals surface area contributed by atoms with E-state index in [9.17, 15) is 14.4 Å². The fourth-order valence-corrected chi connectivity index (χ4v) is 2.79. The van der Waals surface area contributed by atoms with E-state index in [-0.39, 0.29) is 54.9 Å². The van der Waals surface area contributed by atoms with Crippen molar-refractivity contribution in [3.05, 3.63) is 24.3 Å². The average Bonchev–Trinajstić information content (AvgIpc) is 2.58. The summed E-state index contributed by atoms with van der Waals surface area (Å²) in [5.41, 5.74) is 6.80. The van der Waals surface area contributed by atoms with Crippen LogP contribution >= 0.6 is 12.4 Å². The fraction of sp³-hybridized carbons (Fsp3) is 0.500. The lowest BCUT2D eigenvalue weighted by Gasteiger charge is -2.30. The van der Waals surface area contributed by atoms with Crippen molar-refractivity contribution in [3.8, 4) is 0 Å². The zero-order chi connectivity index (χ0) is 18.6. The first kappa shape index (κ1) is 21.9. The Kier molecular flexibility index (Phi) is 7.59. The van der Waals surface area contributed by atoms with Gasteiger partial charge in [-0.3, -0.25) is 14.4 Å². The number of carbonyl (C=O) groups excluding carboxylic acids is 3. The van der Waals surface area contributed by atoms with Crippen LogP contribution in [0.25, 0.3) is 0 Å². The second-order valence-corrected chi connectivity index (χ2v) is 7.16. The molecule has 0 saturated carbocycles. The van der Waals surface area contributed by atoms with Crippen LogP contribution in [0, 0.1) is 5.41 Å². The van der Waals surface area contributed by atoms with E-state index in [0.717, 1.165) is 0 Å². The molecule has 26 heavy (non-hydrogen) atoms. The third-order valence-corrected chi connectivity index (χ3v) is 4.27. The summed E-state index contributed by atoms with van der Waals surface area (Å²) in [5.74, 6) is -0.577. The molecule has 0 atom stereocenters. The highest BCUT2D eigenvalue weighted by Crippen LogP contribution is 2.29. The minimum absolute atomic E-state index is 0. The van der Waals surface area contributed by atoms with Crippen LogP contribution in [0.15, 0.2) is 24.3 Å². The van der Waals surface area contributed by atoms with Gasteiger partial charge in [0.25, 0.3) is 0 Å². The summed E-state index contributed by atoms with van der Waals surface area (Å²) in [5, 5.41) is 2.74. The first-order valence-corrected chi connectivity index (χ1v) is 8.37. The predicted octanol–water partition coefficient (Wildman–Crippen LogP) is 1.62. The molecule has 0 bridgehead atoms. The first-order valence-electron chi connectivity index (χ1n) is 8.37. The first-order chi connectivity index (χ1) is 11.7. The zero-order valence-electron chi connectivity index (χ0n) is 15.4. The van der Waals surface area contributed by atoms with Gasteiger partial charge < -0.3 is 20.9 Å². The molecule has 0 fully saturated rings. The highest BCUT2D eigenvalue weighted by atomic mass is 35.5. The Balaban J connectivity index is 0.00000338. The standard InChI is InChI=1S/C18H26N4O3.ClH/c1-18(2,11-19)12-21(3)16(24)8-9-17(25)22-10-15(23)20-13-6-4-5-7-14(13)22;/h4-7H,8-12,19H2,1-3H3,(H,20,23);1H. The molecule has 144 valence electrons. The summed E-state index contributed by atoms with van der Waals surface area (Å²) in [4.78, 5) is 39.6. The molecule has 0 radical (unpaired) electrons. The second kappa shape index (κ2) is 9.00. The number of para-hydroxylation sites is 2. The van der Waals surface area contributed by atoms with Crippen molar-refractivity contribution in [1.82, 2.24) is 4.90 Å². The lowest BCUT2D eigenvalue weighted by Crippen LogP contribution is -2.43. The Hall–Kier alpha value is -2.12. The molecule has 0 unspecified atom stereocenters. The van der Waals surface area contributed by atoms with E-state index in [4.69, 9.17) is 5.73 Å². The van der Waals surface area contributed by atoms with E-state index in [1.165, 1.54) is 4.90 Å². The molecule has 1 aromatic carbocycles. The second-order valence-electron chi connectivity index (χ2n) is 7.16. The van der Waals surface area contributed by atoms with Crippen molar-refractivity contribution in [2.24, 2.45) is 11.1 Å². The smallest absolute Gasteiger partial charge is 0.244 e. The topological polar surface area (TPSA) is 95.7 Å². The van der Waals surface area contributed by atoms with Crippen LogP contribution in [0.2, 0.25) is 0 Å². The lowest BCUT2D eigenvalue weighted by molar-refractivity contribution is -0.133. The normalized spacial score (nSPS) is 13.4. The predicted molar refractivity (Wildman–Crippen MR) is 104 cm³/mol. The molecule has 1 aliphatic heterocycles. The van der Waals surface area contributed by atoms with Gasteiger partial charge in [-0.2, -0.15) is 0 Å². The number of anilines is 2. The van der Waals surface area contributed by atoms with Gasteiger partial charge in [0.2, 0.25) is 17.7 Å². The Morgan fingerprint density at radius 2 is 1.92 bits per heavy atom. The molecule has 3 N–H and O–H groups in total. The van der Waals surface area contributed by atoms with Crippen LogP contribution in [-0.4, -0.2) is 49.3 Å². The third kappa shape index (κ3) is 5.44. The average molecular weight is 383 g/mol. The molecule has 1 heterocycles. The van der Waals surface area contributed by atoms with Crippen molar-refractivity contribution in [3.63, 3.8) is 0 Å². The number of nitrogens with one attached hydrogen (secondary N) is 1. The summed E-state index contributed by atoms with van der Waals surface area (Å²) in [6.07, 6.45) is 0.171. The molecule has 3 amide bonds. The molecule has 1 aromatic rings. The van der Waals surface area contributed by atoms with Gasteiger partial charge >= 0.3 is 0 Å². The molecule has 0 saturated heterocycles. The van der Waals surface area contributed by atoms with Gasteiger partial charge in [-0.05, 0) is 24.1 Å².